The number of rotatable bonds is 4. The smallest absolute Gasteiger partial charge is 0.337 e. The van der Waals surface area contributed by atoms with Crippen LogP contribution in [0.3, 0.4) is 0 Å². The first-order chi connectivity index (χ1) is 12.8. The summed E-state index contributed by atoms with van der Waals surface area (Å²) in [4.78, 5) is 14.1. The maximum atomic E-state index is 13.4. The lowest BCUT2D eigenvalue weighted by Gasteiger charge is -2.39. The molecule has 1 aliphatic heterocycles. The van der Waals surface area contributed by atoms with Crippen LogP contribution in [-0.2, 0) is 14.8 Å². The van der Waals surface area contributed by atoms with Crippen LogP contribution in [0.5, 0.6) is 0 Å². The Labute approximate surface area is 160 Å². The van der Waals surface area contributed by atoms with E-state index in [0.717, 1.165) is 5.56 Å². The van der Waals surface area contributed by atoms with Gasteiger partial charge < -0.3 is 9.64 Å². The first-order valence-corrected chi connectivity index (χ1v) is 10.2. The van der Waals surface area contributed by atoms with Crippen molar-refractivity contribution in [1.82, 2.24) is 9.21 Å². The molecule has 0 saturated carbocycles. The minimum atomic E-state index is -3.71. The Bertz CT molecular complexity index is 928. The molecule has 0 amide bonds. The van der Waals surface area contributed by atoms with E-state index in [1.807, 2.05) is 37.4 Å². The summed E-state index contributed by atoms with van der Waals surface area (Å²) in [5.74, 6) is -0.483. The van der Waals surface area contributed by atoms with Gasteiger partial charge in [0.25, 0.3) is 0 Å². The van der Waals surface area contributed by atoms with Crippen molar-refractivity contribution in [2.45, 2.75) is 17.9 Å². The van der Waals surface area contributed by atoms with Gasteiger partial charge in [-0.05, 0) is 43.3 Å². The molecule has 27 heavy (non-hydrogen) atoms. The molecule has 1 atom stereocenters. The van der Waals surface area contributed by atoms with Crippen LogP contribution in [0.1, 0.15) is 27.5 Å². The molecular formula is C20H24N2O4S. The van der Waals surface area contributed by atoms with E-state index >= 15 is 0 Å². The van der Waals surface area contributed by atoms with Crippen molar-refractivity contribution in [3.05, 3.63) is 65.2 Å². The van der Waals surface area contributed by atoms with Gasteiger partial charge in [0.1, 0.15) is 0 Å². The van der Waals surface area contributed by atoms with Gasteiger partial charge in [-0.25, -0.2) is 13.2 Å². The molecule has 3 rings (SSSR count). The van der Waals surface area contributed by atoms with Gasteiger partial charge in [-0.2, -0.15) is 4.31 Å². The Kier molecular flexibility index (Phi) is 5.64. The van der Waals surface area contributed by atoms with Crippen molar-refractivity contribution in [2.75, 3.05) is 33.8 Å². The van der Waals surface area contributed by atoms with Crippen molar-refractivity contribution in [1.29, 1.82) is 0 Å². The Morgan fingerprint density at radius 2 is 1.81 bits per heavy atom. The molecule has 1 unspecified atom stereocenters. The van der Waals surface area contributed by atoms with E-state index in [4.69, 9.17) is 4.74 Å². The van der Waals surface area contributed by atoms with Gasteiger partial charge in [-0.1, -0.05) is 30.3 Å². The number of nitrogens with zero attached hydrogens (tertiary/aromatic N) is 2. The zero-order valence-electron chi connectivity index (χ0n) is 15.8. The van der Waals surface area contributed by atoms with Crippen molar-refractivity contribution in [3.63, 3.8) is 0 Å². The fraction of sp³-hybridized carbons (Fsp3) is 0.350. The number of benzene rings is 2. The predicted octanol–water partition coefficient (Wildman–Crippen LogP) is 2.46. The summed E-state index contributed by atoms with van der Waals surface area (Å²) in [6.07, 6.45) is 0. The molecule has 0 aromatic heterocycles. The van der Waals surface area contributed by atoms with Crippen LogP contribution in [0.15, 0.2) is 53.4 Å². The highest BCUT2D eigenvalue weighted by Gasteiger charge is 2.36. The molecule has 0 N–H and O–H groups in total. The number of carbonyl (C=O) groups excluding carboxylic acids is 1. The van der Waals surface area contributed by atoms with E-state index in [-0.39, 0.29) is 10.9 Å². The fourth-order valence-corrected chi connectivity index (χ4v) is 5.25. The minimum Gasteiger partial charge on any atom is -0.465 e. The van der Waals surface area contributed by atoms with E-state index in [0.29, 0.717) is 30.8 Å². The number of aryl methyl sites for hydroxylation is 1. The van der Waals surface area contributed by atoms with Crippen molar-refractivity contribution in [3.8, 4) is 0 Å². The molecule has 1 aliphatic rings. The molecule has 1 saturated heterocycles. The largest absolute Gasteiger partial charge is 0.465 e. The van der Waals surface area contributed by atoms with Crippen LogP contribution in [0, 0.1) is 6.92 Å². The third-order valence-corrected chi connectivity index (χ3v) is 6.97. The Balaban J connectivity index is 2.01. The number of sulfonamides is 1. The second kappa shape index (κ2) is 7.80. The molecule has 0 radical (unpaired) electrons. The number of ether oxygens (including phenoxy) is 1. The van der Waals surface area contributed by atoms with E-state index in [1.165, 1.54) is 19.2 Å². The van der Waals surface area contributed by atoms with Crippen LogP contribution >= 0.6 is 0 Å². The van der Waals surface area contributed by atoms with Gasteiger partial charge in [0.05, 0.1) is 23.6 Å². The van der Waals surface area contributed by atoms with Gasteiger partial charge >= 0.3 is 5.97 Å². The number of piperazine rings is 1. The van der Waals surface area contributed by atoms with Crippen LogP contribution in [0.25, 0.3) is 0 Å². The SMILES string of the molecule is COC(=O)c1ccc(S(=O)(=O)N2CCN(C)CC2c2ccccc2)c(C)c1. The van der Waals surface area contributed by atoms with Gasteiger partial charge in [-0.15, -0.1) is 0 Å². The zero-order valence-corrected chi connectivity index (χ0v) is 16.6. The van der Waals surface area contributed by atoms with E-state index in [2.05, 4.69) is 4.90 Å². The van der Waals surface area contributed by atoms with Crippen LogP contribution in [-0.4, -0.2) is 57.4 Å². The Hall–Kier alpha value is -2.22. The molecular weight excluding hydrogens is 364 g/mol. The topological polar surface area (TPSA) is 66.9 Å². The number of carbonyl (C=O) groups is 1. The molecule has 0 spiro atoms. The standard InChI is InChI=1S/C20H24N2O4S/c1-15-13-17(20(23)26-3)9-10-19(15)27(24,25)22-12-11-21(2)14-18(22)16-7-5-4-6-8-16/h4-10,13,18H,11-12,14H2,1-3H3. The average Bonchev–Trinajstić information content (AvgIpc) is 2.67. The lowest BCUT2D eigenvalue weighted by molar-refractivity contribution is 0.0600. The molecule has 1 fully saturated rings. The summed E-state index contributed by atoms with van der Waals surface area (Å²) in [6.45, 7) is 3.41. The summed E-state index contributed by atoms with van der Waals surface area (Å²) in [7, 11) is -0.409. The lowest BCUT2D eigenvalue weighted by atomic mass is 10.1. The zero-order chi connectivity index (χ0) is 19.6. The van der Waals surface area contributed by atoms with Crippen molar-refractivity contribution >= 4 is 16.0 Å². The highest BCUT2D eigenvalue weighted by atomic mass is 32.2. The maximum absolute atomic E-state index is 13.4. The maximum Gasteiger partial charge on any atom is 0.337 e. The third-order valence-electron chi connectivity index (χ3n) is 4.90. The molecule has 2 aromatic rings. The number of methoxy groups -OCH3 is 1. The molecule has 144 valence electrons. The summed E-state index contributed by atoms with van der Waals surface area (Å²) in [5.41, 5.74) is 1.84. The van der Waals surface area contributed by atoms with Gasteiger partial charge in [0.15, 0.2) is 0 Å². The first-order valence-electron chi connectivity index (χ1n) is 8.79. The van der Waals surface area contributed by atoms with Crippen LogP contribution < -0.4 is 0 Å². The molecule has 2 aromatic carbocycles. The first kappa shape index (κ1) is 19.5. The average molecular weight is 388 g/mol. The number of likely N-dealkylation sites (N-methyl/N-ethyl adjacent to an activating group) is 1. The highest BCUT2D eigenvalue weighted by Crippen LogP contribution is 2.32. The van der Waals surface area contributed by atoms with Crippen molar-refractivity contribution in [2.24, 2.45) is 0 Å². The summed E-state index contributed by atoms with van der Waals surface area (Å²) in [5, 5.41) is 0. The van der Waals surface area contributed by atoms with Gasteiger partial charge in [-0.3, -0.25) is 0 Å². The van der Waals surface area contributed by atoms with Crippen molar-refractivity contribution < 1.29 is 17.9 Å². The van der Waals surface area contributed by atoms with E-state index < -0.39 is 16.0 Å². The lowest BCUT2D eigenvalue weighted by Crippen LogP contribution is -2.49. The summed E-state index contributed by atoms with van der Waals surface area (Å²) < 4.78 is 33.2. The van der Waals surface area contributed by atoms with Gasteiger partial charge in [0, 0.05) is 19.6 Å². The quantitative estimate of drug-likeness (QED) is 0.753. The molecule has 1 heterocycles. The summed E-state index contributed by atoms with van der Waals surface area (Å²) in [6, 6.07) is 14.0. The Morgan fingerprint density at radius 3 is 2.44 bits per heavy atom. The fourth-order valence-electron chi connectivity index (χ4n) is 3.45. The predicted molar refractivity (Wildman–Crippen MR) is 103 cm³/mol. The van der Waals surface area contributed by atoms with E-state index in [9.17, 15) is 13.2 Å². The molecule has 0 bridgehead atoms. The second-order valence-corrected chi connectivity index (χ2v) is 8.64. The van der Waals surface area contributed by atoms with Gasteiger partial charge in [0.2, 0.25) is 10.0 Å². The minimum absolute atomic E-state index is 0.223. The van der Waals surface area contributed by atoms with E-state index in [1.54, 1.807) is 17.3 Å². The number of hydrogen-bond acceptors (Lipinski definition) is 5. The number of hydrogen-bond donors (Lipinski definition) is 0. The number of esters is 1. The monoisotopic (exact) mass is 388 g/mol. The van der Waals surface area contributed by atoms with Crippen LogP contribution in [0.2, 0.25) is 0 Å². The molecule has 6 nitrogen and oxygen atoms in total. The Morgan fingerprint density at radius 1 is 1.11 bits per heavy atom. The highest BCUT2D eigenvalue weighted by molar-refractivity contribution is 7.89. The van der Waals surface area contributed by atoms with Crippen LogP contribution in [0.4, 0.5) is 0 Å². The molecule has 7 heteroatoms. The second-order valence-electron chi connectivity index (χ2n) is 6.78. The third kappa shape index (κ3) is 3.90. The molecule has 0 aliphatic carbocycles. The normalized spacial score (nSPS) is 19.0. The summed E-state index contributed by atoms with van der Waals surface area (Å²) >= 11 is 0.